The van der Waals surface area contributed by atoms with E-state index >= 15 is 0 Å². The van der Waals surface area contributed by atoms with Crippen molar-refractivity contribution < 1.29 is 23.1 Å². The lowest BCUT2D eigenvalue weighted by Gasteiger charge is -2.09. The second kappa shape index (κ2) is 6.37. The molecule has 0 aliphatic rings. The van der Waals surface area contributed by atoms with E-state index < -0.39 is 15.8 Å². The highest BCUT2D eigenvalue weighted by molar-refractivity contribution is 14.1. The zero-order valence-electron chi connectivity index (χ0n) is 9.72. The first kappa shape index (κ1) is 15.2. The normalized spacial score (nSPS) is 11.2. The molecule has 5 nitrogen and oxygen atoms in total. The summed E-state index contributed by atoms with van der Waals surface area (Å²) in [5.41, 5.74) is 0.0845. The van der Waals surface area contributed by atoms with Crippen LogP contribution in [-0.4, -0.2) is 38.1 Å². The summed E-state index contributed by atoms with van der Waals surface area (Å²) in [7, 11) is -3.01. The average Bonchev–Trinajstić information content (AvgIpc) is 2.24. The van der Waals surface area contributed by atoms with Gasteiger partial charge in [-0.1, -0.05) is 0 Å². The SMILES string of the molecule is CS(=O)(=O)CCCOc1ccc(I)cc1C(=O)O. The summed E-state index contributed by atoms with van der Waals surface area (Å²) in [6.07, 6.45) is 1.49. The van der Waals surface area contributed by atoms with Crippen LogP contribution in [0, 0.1) is 3.57 Å². The molecule has 1 aromatic carbocycles. The Bertz CT molecular complexity index is 538. The Morgan fingerprint density at radius 3 is 2.67 bits per heavy atom. The summed E-state index contributed by atoms with van der Waals surface area (Å²) in [6, 6.07) is 4.82. The molecule has 1 aromatic rings. The zero-order valence-corrected chi connectivity index (χ0v) is 12.7. The molecule has 0 spiro atoms. The lowest BCUT2D eigenvalue weighted by atomic mass is 10.2. The molecule has 0 saturated heterocycles. The van der Waals surface area contributed by atoms with Gasteiger partial charge < -0.3 is 9.84 Å². The molecule has 0 aliphatic heterocycles. The quantitative estimate of drug-likeness (QED) is 0.598. The van der Waals surface area contributed by atoms with Gasteiger partial charge in [0.05, 0.1) is 12.4 Å². The first-order chi connectivity index (χ1) is 8.29. The molecule has 0 radical (unpaired) electrons. The van der Waals surface area contributed by atoms with E-state index in [2.05, 4.69) is 0 Å². The molecular weight excluding hydrogens is 371 g/mol. The third kappa shape index (κ3) is 5.21. The maximum Gasteiger partial charge on any atom is 0.339 e. The Hall–Kier alpha value is -0.830. The fraction of sp³-hybridized carbons (Fsp3) is 0.364. The number of benzene rings is 1. The molecule has 7 heteroatoms. The Labute approximate surface area is 119 Å². The van der Waals surface area contributed by atoms with Crippen molar-refractivity contribution in [2.75, 3.05) is 18.6 Å². The van der Waals surface area contributed by atoms with Crippen LogP contribution in [0.2, 0.25) is 0 Å². The van der Waals surface area contributed by atoms with Crippen LogP contribution in [0.1, 0.15) is 16.8 Å². The third-order valence-corrected chi connectivity index (χ3v) is 3.79. The van der Waals surface area contributed by atoms with Crippen molar-refractivity contribution >= 4 is 38.4 Å². The maximum absolute atomic E-state index is 11.0. The summed E-state index contributed by atoms with van der Waals surface area (Å²) in [5, 5.41) is 9.00. The summed E-state index contributed by atoms with van der Waals surface area (Å²) in [5.74, 6) is -0.775. The van der Waals surface area contributed by atoms with Gasteiger partial charge in [0.2, 0.25) is 0 Å². The van der Waals surface area contributed by atoms with E-state index in [0.717, 1.165) is 9.83 Å². The summed E-state index contributed by atoms with van der Waals surface area (Å²) in [4.78, 5) is 11.0. The number of hydrogen-bond acceptors (Lipinski definition) is 4. The van der Waals surface area contributed by atoms with Crippen LogP contribution < -0.4 is 4.74 Å². The van der Waals surface area contributed by atoms with Crippen LogP contribution in [0.4, 0.5) is 0 Å². The van der Waals surface area contributed by atoms with E-state index in [4.69, 9.17) is 9.84 Å². The molecule has 0 unspecified atom stereocenters. The highest BCUT2D eigenvalue weighted by atomic mass is 127. The summed E-state index contributed by atoms with van der Waals surface area (Å²) < 4.78 is 27.9. The largest absolute Gasteiger partial charge is 0.493 e. The average molecular weight is 384 g/mol. The maximum atomic E-state index is 11.0. The Balaban J connectivity index is 2.65. The molecule has 0 atom stereocenters. The van der Waals surface area contributed by atoms with E-state index in [9.17, 15) is 13.2 Å². The van der Waals surface area contributed by atoms with Gasteiger partial charge in [-0.15, -0.1) is 0 Å². The van der Waals surface area contributed by atoms with Crippen LogP contribution in [0.3, 0.4) is 0 Å². The number of halogens is 1. The molecule has 0 bridgehead atoms. The van der Waals surface area contributed by atoms with E-state index in [1.165, 1.54) is 6.07 Å². The van der Waals surface area contributed by atoms with Crippen LogP contribution in [-0.2, 0) is 9.84 Å². The monoisotopic (exact) mass is 384 g/mol. The first-order valence-corrected chi connectivity index (χ1v) is 8.27. The second-order valence-corrected chi connectivity index (χ2v) is 7.28. The molecule has 1 N–H and O–H groups in total. The number of rotatable bonds is 6. The second-order valence-electron chi connectivity index (χ2n) is 3.78. The lowest BCUT2D eigenvalue weighted by Crippen LogP contribution is -2.10. The topological polar surface area (TPSA) is 80.7 Å². The van der Waals surface area contributed by atoms with Gasteiger partial charge in [-0.2, -0.15) is 0 Å². The molecule has 100 valence electrons. The van der Waals surface area contributed by atoms with Gasteiger partial charge in [0.15, 0.2) is 0 Å². The first-order valence-electron chi connectivity index (χ1n) is 5.13. The van der Waals surface area contributed by atoms with Gasteiger partial charge in [0.1, 0.15) is 21.2 Å². The molecule has 0 fully saturated rings. The highest BCUT2D eigenvalue weighted by Crippen LogP contribution is 2.21. The molecule has 0 aliphatic carbocycles. The number of carbonyl (C=O) groups is 1. The molecule has 0 heterocycles. The molecule has 0 aromatic heterocycles. The van der Waals surface area contributed by atoms with Crippen molar-refractivity contribution in [3.63, 3.8) is 0 Å². The molecule has 0 saturated carbocycles. The van der Waals surface area contributed by atoms with E-state index in [-0.39, 0.29) is 23.7 Å². The minimum atomic E-state index is -3.01. The van der Waals surface area contributed by atoms with Gasteiger partial charge in [-0.3, -0.25) is 0 Å². The standard InChI is InChI=1S/C11H13IO5S/c1-18(15,16)6-2-5-17-10-4-3-8(12)7-9(10)11(13)14/h3-4,7H,2,5-6H2,1H3,(H,13,14). The van der Waals surface area contributed by atoms with Gasteiger partial charge in [0, 0.05) is 9.83 Å². The summed E-state index contributed by atoms with van der Waals surface area (Å²) >= 11 is 2.01. The smallest absolute Gasteiger partial charge is 0.339 e. The van der Waals surface area contributed by atoms with Gasteiger partial charge in [-0.25, -0.2) is 13.2 Å². The molecular formula is C11H13IO5S. The van der Waals surface area contributed by atoms with Crippen molar-refractivity contribution in [3.05, 3.63) is 27.3 Å². The predicted octanol–water partition coefficient (Wildman–Crippen LogP) is 1.80. The number of hydrogen-bond donors (Lipinski definition) is 1. The van der Waals surface area contributed by atoms with Gasteiger partial charge >= 0.3 is 5.97 Å². The fourth-order valence-corrected chi connectivity index (χ4v) is 2.43. The number of ether oxygens (including phenoxy) is 1. The molecule has 1 rings (SSSR count). The predicted molar refractivity (Wildman–Crippen MR) is 75.9 cm³/mol. The zero-order chi connectivity index (χ0) is 13.8. The Morgan fingerprint density at radius 1 is 1.44 bits per heavy atom. The van der Waals surface area contributed by atoms with E-state index in [1.807, 2.05) is 22.6 Å². The van der Waals surface area contributed by atoms with E-state index in [1.54, 1.807) is 12.1 Å². The number of sulfone groups is 1. The van der Waals surface area contributed by atoms with Crippen molar-refractivity contribution in [2.24, 2.45) is 0 Å². The van der Waals surface area contributed by atoms with Crippen molar-refractivity contribution in [2.45, 2.75) is 6.42 Å². The van der Waals surface area contributed by atoms with Crippen LogP contribution in [0.15, 0.2) is 18.2 Å². The number of carboxylic acids is 1. The van der Waals surface area contributed by atoms with E-state index in [0.29, 0.717) is 6.42 Å². The fourth-order valence-electron chi connectivity index (χ4n) is 1.30. The molecule has 0 amide bonds. The Morgan fingerprint density at radius 2 is 2.11 bits per heavy atom. The lowest BCUT2D eigenvalue weighted by molar-refractivity contribution is 0.0692. The van der Waals surface area contributed by atoms with Gasteiger partial charge in [0.25, 0.3) is 0 Å². The van der Waals surface area contributed by atoms with Crippen LogP contribution in [0.25, 0.3) is 0 Å². The van der Waals surface area contributed by atoms with Crippen molar-refractivity contribution in [1.82, 2.24) is 0 Å². The van der Waals surface area contributed by atoms with Gasteiger partial charge in [-0.05, 0) is 47.2 Å². The number of aromatic carboxylic acids is 1. The molecule has 18 heavy (non-hydrogen) atoms. The van der Waals surface area contributed by atoms with Crippen LogP contribution >= 0.6 is 22.6 Å². The summed E-state index contributed by atoms with van der Waals surface area (Å²) in [6.45, 7) is 0.175. The van der Waals surface area contributed by atoms with Crippen molar-refractivity contribution in [3.8, 4) is 5.75 Å². The third-order valence-electron chi connectivity index (χ3n) is 2.09. The Kier molecular flexibility index (Phi) is 5.39. The number of carboxylic acid groups (broad SMARTS) is 1. The minimum absolute atomic E-state index is 0.0276. The van der Waals surface area contributed by atoms with Crippen molar-refractivity contribution in [1.29, 1.82) is 0 Å². The highest BCUT2D eigenvalue weighted by Gasteiger charge is 2.12. The minimum Gasteiger partial charge on any atom is -0.493 e. The van der Waals surface area contributed by atoms with Crippen LogP contribution in [0.5, 0.6) is 5.75 Å².